The topological polar surface area (TPSA) is 71.2 Å². The highest BCUT2D eigenvalue weighted by molar-refractivity contribution is 5.41. The maximum atomic E-state index is 5.37. The molecule has 0 amide bonds. The zero-order chi connectivity index (χ0) is 15.7. The molecule has 118 valence electrons. The molecule has 1 aliphatic rings. The van der Waals surface area contributed by atoms with Gasteiger partial charge in [-0.3, -0.25) is 0 Å². The summed E-state index contributed by atoms with van der Waals surface area (Å²) in [7, 11) is 0. The van der Waals surface area contributed by atoms with E-state index in [2.05, 4.69) is 50.7 Å². The van der Waals surface area contributed by atoms with Crippen LogP contribution in [-0.2, 0) is 5.41 Å². The molecule has 0 unspecified atom stereocenters. The summed E-state index contributed by atoms with van der Waals surface area (Å²) in [5, 5.41) is 4.11. The van der Waals surface area contributed by atoms with Crippen molar-refractivity contribution in [1.82, 2.24) is 20.1 Å². The van der Waals surface area contributed by atoms with E-state index < -0.39 is 0 Å². The quantitative estimate of drug-likeness (QED) is 0.837. The second kappa shape index (κ2) is 5.55. The Morgan fingerprint density at radius 2 is 1.73 bits per heavy atom. The lowest BCUT2D eigenvalue weighted by atomic mass is 9.97. The average Bonchev–Trinajstić information content (AvgIpc) is 2.97. The van der Waals surface area contributed by atoms with Crippen molar-refractivity contribution in [3.8, 4) is 0 Å². The Morgan fingerprint density at radius 1 is 1.05 bits per heavy atom. The van der Waals surface area contributed by atoms with Gasteiger partial charge in [-0.15, -0.1) is 0 Å². The van der Waals surface area contributed by atoms with E-state index in [9.17, 15) is 0 Å². The number of hydrogen-bond acceptors (Lipinski definition) is 7. The molecule has 2 aromatic rings. The van der Waals surface area contributed by atoms with Gasteiger partial charge in [0.1, 0.15) is 11.6 Å². The fourth-order valence-corrected chi connectivity index (χ4v) is 2.40. The monoisotopic (exact) mass is 302 g/mol. The fourth-order valence-electron chi connectivity index (χ4n) is 2.40. The lowest BCUT2D eigenvalue weighted by molar-refractivity contribution is 0.320. The summed E-state index contributed by atoms with van der Waals surface area (Å²) in [5.41, 5.74) is -0.119. The summed E-state index contributed by atoms with van der Waals surface area (Å²) in [5.74, 6) is 3.14. The predicted molar refractivity (Wildman–Crippen MR) is 84.2 cm³/mol. The summed E-state index contributed by atoms with van der Waals surface area (Å²) in [4.78, 5) is 17.6. The summed E-state index contributed by atoms with van der Waals surface area (Å²) in [6.07, 6.45) is 1.80. The molecule has 0 bridgehead atoms. The van der Waals surface area contributed by atoms with Crippen molar-refractivity contribution < 1.29 is 4.52 Å². The van der Waals surface area contributed by atoms with Gasteiger partial charge < -0.3 is 14.3 Å². The molecule has 7 heteroatoms. The Bertz CT molecular complexity index is 639. The van der Waals surface area contributed by atoms with Crippen molar-refractivity contribution in [2.24, 2.45) is 0 Å². The van der Waals surface area contributed by atoms with Crippen LogP contribution in [-0.4, -0.2) is 46.3 Å². The van der Waals surface area contributed by atoms with Crippen molar-refractivity contribution in [2.75, 3.05) is 36.0 Å². The minimum Gasteiger partial charge on any atom is -0.353 e. The minimum atomic E-state index is -0.119. The summed E-state index contributed by atoms with van der Waals surface area (Å²) < 4.78 is 5.37. The third kappa shape index (κ3) is 3.03. The van der Waals surface area contributed by atoms with Crippen LogP contribution in [0.5, 0.6) is 0 Å². The largest absolute Gasteiger partial charge is 0.353 e. The molecule has 3 rings (SSSR count). The molecular weight excluding hydrogens is 280 g/mol. The van der Waals surface area contributed by atoms with Crippen molar-refractivity contribution in [3.05, 3.63) is 24.0 Å². The third-order valence-electron chi connectivity index (χ3n) is 3.70. The van der Waals surface area contributed by atoms with Gasteiger partial charge in [-0.2, -0.15) is 4.98 Å². The molecule has 1 aliphatic heterocycles. The van der Waals surface area contributed by atoms with Crippen LogP contribution in [0.2, 0.25) is 0 Å². The Kier molecular flexibility index (Phi) is 3.72. The Labute approximate surface area is 130 Å². The van der Waals surface area contributed by atoms with Gasteiger partial charge in [0.25, 0.3) is 5.95 Å². The van der Waals surface area contributed by atoms with E-state index in [1.807, 2.05) is 13.0 Å². The number of rotatable bonds is 2. The van der Waals surface area contributed by atoms with Gasteiger partial charge in [-0.1, -0.05) is 20.8 Å². The summed E-state index contributed by atoms with van der Waals surface area (Å²) in [6.45, 7) is 11.6. The first-order valence-electron chi connectivity index (χ1n) is 7.57. The van der Waals surface area contributed by atoms with Gasteiger partial charge >= 0.3 is 0 Å². The van der Waals surface area contributed by atoms with Crippen LogP contribution in [0.3, 0.4) is 0 Å². The van der Waals surface area contributed by atoms with Crippen LogP contribution in [0.15, 0.2) is 16.8 Å². The fraction of sp³-hybridized carbons (Fsp3) is 0.600. The lowest BCUT2D eigenvalue weighted by Crippen LogP contribution is -2.47. The summed E-state index contributed by atoms with van der Waals surface area (Å²) in [6, 6.07) is 1.95. The van der Waals surface area contributed by atoms with Gasteiger partial charge in [0.2, 0.25) is 5.89 Å². The first kappa shape index (κ1) is 14.7. The average molecular weight is 302 g/mol. The lowest BCUT2D eigenvalue weighted by Gasteiger charge is -2.34. The molecule has 3 heterocycles. The number of aromatic nitrogens is 4. The van der Waals surface area contributed by atoms with Crippen molar-refractivity contribution in [3.63, 3.8) is 0 Å². The Balaban J connectivity index is 1.65. The van der Waals surface area contributed by atoms with Gasteiger partial charge in [-0.05, 0) is 18.1 Å². The molecule has 0 radical (unpaired) electrons. The molecule has 22 heavy (non-hydrogen) atoms. The van der Waals surface area contributed by atoms with E-state index in [4.69, 9.17) is 4.52 Å². The smallest absolute Gasteiger partial charge is 0.266 e. The van der Waals surface area contributed by atoms with Crippen LogP contribution in [0, 0.1) is 6.92 Å². The highest BCUT2D eigenvalue weighted by atomic mass is 16.5. The Hall–Kier alpha value is -2.18. The van der Waals surface area contributed by atoms with Crippen LogP contribution < -0.4 is 9.80 Å². The molecule has 0 saturated carbocycles. The third-order valence-corrected chi connectivity index (χ3v) is 3.70. The molecule has 7 nitrogen and oxygen atoms in total. The van der Waals surface area contributed by atoms with Crippen LogP contribution in [0.25, 0.3) is 0 Å². The number of nitrogens with zero attached hydrogens (tertiary/aromatic N) is 6. The molecular formula is C15H22N6O. The zero-order valence-electron chi connectivity index (χ0n) is 13.6. The SMILES string of the molecule is Cc1nccc(N2CCN(c3noc(C(C)(C)C)n3)CC2)n1. The molecule has 0 aromatic carbocycles. The van der Waals surface area contributed by atoms with Gasteiger partial charge in [0.15, 0.2) is 0 Å². The van der Waals surface area contributed by atoms with E-state index in [0.29, 0.717) is 11.8 Å². The van der Waals surface area contributed by atoms with Crippen LogP contribution in [0.4, 0.5) is 11.8 Å². The molecule has 1 fully saturated rings. The van der Waals surface area contributed by atoms with Crippen molar-refractivity contribution >= 4 is 11.8 Å². The van der Waals surface area contributed by atoms with Gasteiger partial charge in [-0.25, -0.2) is 9.97 Å². The van der Waals surface area contributed by atoms with E-state index in [1.165, 1.54) is 0 Å². The minimum absolute atomic E-state index is 0.119. The molecule has 0 aliphatic carbocycles. The van der Waals surface area contributed by atoms with E-state index >= 15 is 0 Å². The molecule has 0 spiro atoms. The standard InChI is InChI=1S/C15H22N6O/c1-11-16-6-5-12(17-11)20-7-9-21(10-8-20)14-18-13(22-19-14)15(2,3)4/h5-6H,7-10H2,1-4H3. The van der Waals surface area contributed by atoms with Gasteiger partial charge in [0.05, 0.1) is 0 Å². The highest BCUT2D eigenvalue weighted by Crippen LogP contribution is 2.23. The van der Waals surface area contributed by atoms with E-state index in [-0.39, 0.29) is 5.41 Å². The molecule has 0 N–H and O–H groups in total. The van der Waals surface area contributed by atoms with Crippen LogP contribution >= 0.6 is 0 Å². The molecule has 1 saturated heterocycles. The highest BCUT2D eigenvalue weighted by Gasteiger charge is 2.26. The molecule has 2 aromatic heterocycles. The number of piperazine rings is 1. The summed E-state index contributed by atoms with van der Waals surface area (Å²) >= 11 is 0. The number of anilines is 2. The predicted octanol–water partition coefficient (Wildman–Crippen LogP) is 1.79. The van der Waals surface area contributed by atoms with E-state index in [0.717, 1.165) is 37.8 Å². The second-order valence-electron chi connectivity index (χ2n) is 6.59. The Morgan fingerprint density at radius 3 is 2.32 bits per heavy atom. The first-order chi connectivity index (χ1) is 10.4. The van der Waals surface area contributed by atoms with Crippen molar-refractivity contribution in [2.45, 2.75) is 33.1 Å². The first-order valence-corrected chi connectivity index (χ1v) is 7.57. The zero-order valence-corrected chi connectivity index (χ0v) is 13.6. The number of hydrogen-bond donors (Lipinski definition) is 0. The van der Waals surface area contributed by atoms with Crippen LogP contribution in [0.1, 0.15) is 32.5 Å². The second-order valence-corrected chi connectivity index (χ2v) is 6.59. The van der Waals surface area contributed by atoms with E-state index in [1.54, 1.807) is 6.20 Å². The maximum absolute atomic E-state index is 5.37. The number of aryl methyl sites for hydroxylation is 1. The van der Waals surface area contributed by atoms with Crippen molar-refractivity contribution in [1.29, 1.82) is 0 Å². The molecule has 0 atom stereocenters. The normalized spacial score (nSPS) is 16.2. The maximum Gasteiger partial charge on any atom is 0.266 e. The van der Waals surface area contributed by atoms with Gasteiger partial charge in [0, 0.05) is 37.8 Å².